The van der Waals surface area contributed by atoms with E-state index in [0.29, 0.717) is 19.4 Å². The summed E-state index contributed by atoms with van der Waals surface area (Å²) < 4.78 is 4.74. The minimum atomic E-state index is 0.0598. The number of hydrogen-bond donors (Lipinski definition) is 0. The highest BCUT2D eigenvalue weighted by molar-refractivity contribution is 6.04. The molecule has 0 saturated heterocycles. The SMILES string of the molecule is C1=COCC=N1.O=C1C=CC(=O)CC1. The van der Waals surface area contributed by atoms with Crippen LogP contribution in [0.2, 0.25) is 0 Å². The molecule has 1 aliphatic carbocycles. The Kier molecular flexibility index (Phi) is 4.34. The molecule has 0 atom stereocenters. The minimum Gasteiger partial charge on any atom is -0.494 e. The van der Waals surface area contributed by atoms with Crippen molar-refractivity contribution < 1.29 is 14.3 Å². The fraction of sp³-hybridized carbons (Fsp3) is 0.300. The first-order valence-corrected chi connectivity index (χ1v) is 4.31. The molecule has 0 bridgehead atoms. The summed E-state index contributed by atoms with van der Waals surface area (Å²) >= 11 is 0. The lowest BCUT2D eigenvalue weighted by Crippen LogP contribution is -2.05. The number of rotatable bonds is 0. The van der Waals surface area contributed by atoms with E-state index < -0.39 is 0 Å². The van der Waals surface area contributed by atoms with Crippen LogP contribution >= 0.6 is 0 Å². The Morgan fingerprint density at radius 1 is 1.14 bits per heavy atom. The van der Waals surface area contributed by atoms with Crippen molar-refractivity contribution in [1.82, 2.24) is 0 Å². The fourth-order valence-electron chi connectivity index (χ4n) is 0.880. The number of nitrogens with zero attached hydrogens (tertiary/aromatic N) is 1. The lowest BCUT2D eigenvalue weighted by molar-refractivity contribution is -0.121. The number of hydrogen-bond acceptors (Lipinski definition) is 4. The number of aliphatic imine (C=N–C) groups is 1. The molecule has 0 radical (unpaired) electrons. The van der Waals surface area contributed by atoms with Crippen molar-refractivity contribution in [3.8, 4) is 0 Å². The van der Waals surface area contributed by atoms with Gasteiger partial charge >= 0.3 is 0 Å². The first-order chi connectivity index (χ1) is 6.79. The van der Waals surface area contributed by atoms with Crippen molar-refractivity contribution in [2.75, 3.05) is 6.61 Å². The fourth-order valence-corrected chi connectivity index (χ4v) is 0.880. The van der Waals surface area contributed by atoms with Crippen LogP contribution in [0.25, 0.3) is 0 Å². The Balaban J connectivity index is 0.000000146. The molecular weight excluding hydrogens is 182 g/mol. The summed E-state index contributed by atoms with van der Waals surface area (Å²) in [6.45, 7) is 0.622. The highest BCUT2D eigenvalue weighted by Gasteiger charge is 2.06. The third kappa shape index (κ3) is 4.35. The third-order valence-electron chi connectivity index (χ3n) is 1.59. The van der Waals surface area contributed by atoms with E-state index in [-0.39, 0.29) is 11.6 Å². The number of ketones is 2. The number of allylic oxidation sites excluding steroid dienone is 2. The minimum absolute atomic E-state index is 0.0598. The molecule has 0 spiro atoms. The van der Waals surface area contributed by atoms with E-state index in [1.165, 1.54) is 12.2 Å². The van der Waals surface area contributed by atoms with Crippen LogP contribution in [0.4, 0.5) is 0 Å². The highest BCUT2D eigenvalue weighted by Crippen LogP contribution is 2.00. The van der Waals surface area contributed by atoms with Gasteiger partial charge in [0, 0.05) is 19.1 Å². The van der Waals surface area contributed by atoms with E-state index >= 15 is 0 Å². The maximum atomic E-state index is 10.4. The zero-order chi connectivity index (χ0) is 10.2. The second-order valence-corrected chi connectivity index (χ2v) is 2.72. The van der Waals surface area contributed by atoms with Crippen LogP contribution in [0, 0.1) is 0 Å². The predicted molar refractivity (Wildman–Crippen MR) is 52.0 cm³/mol. The van der Waals surface area contributed by atoms with Gasteiger partial charge in [-0.05, 0) is 12.2 Å². The first kappa shape index (κ1) is 10.4. The van der Waals surface area contributed by atoms with Crippen molar-refractivity contribution >= 4 is 17.8 Å². The average molecular weight is 193 g/mol. The predicted octanol–water partition coefficient (Wildman–Crippen LogP) is 1.03. The molecule has 0 aromatic carbocycles. The van der Waals surface area contributed by atoms with Gasteiger partial charge in [-0.1, -0.05) is 0 Å². The lowest BCUT2D eigenvalue weighted by Gasteiger charge is -1.96. The van der Waals surface area contributed by atoms with Gasteiger partial charge in [0.05, 0.1) is 6.20 Å². The molecule has 0 amide bonds. The highest BCUT2D eigenvalue weighted by atomic mass is 16.5. The summed E-state index contributed by atoms with van der Waals surface area (Å²) in [5.74, 6) is 0.120. The maximum Gasteiger partial charge on any atom is 0.156 e. The van der Waals surface area contributed by atoms with Gasteiger partial charge in [-0.3, -0.25) is 14.6 Å². The molecule has 4 nitrogen and oxygen atoms in total. The van der Waals surface area contributed by atoms with Crippen LogP contribution in [0.5, 0.6) is 0 Å². The molecular formula is C10H11NO3. The Bertz CT molecular complexity index is 272. The molecule has 0 fully saturated rings. The Morgan fingerprint density at radius 2 is 1.79 bits per heavy atom. The summed E-state index contributed by atoms with van der Waals surface area (Å²) in [5.41, 5.74) is 0. The van der Waals surface area contributed by atoms with E-state index in [0.717, 1.165) is 0 Å². The van der Waals surface area contributed by atoms with Crippen LogP contribution < -0.4 is 0 Å². The van der Waals surface area contributed by atoms with E-state index in [2.05, 4.69) is 4.99 Å². The van der Waals surface area contributed by atoms with Gasteiger partial charge in [0.15, 0.2) is 11.6 Å². The third-order valence-corrected chi connectivity index (χ3v) is 1.59. The maximum absolute atomic E-state index is 10.4. The van der Waals surface area contributed by atoms with Crippen molar-refractivity contribution in [3.63, 3.8) is 0 Å². The largest absolute Gasteiger partial charge is 0.494 e. The first-order valence-electron chi connectivity index (χ1n) is 4.31. The van der Waals surface area contributed by atoms with Crippen LogP contribution in [0.3, 0.4) is 0 Å². The molecule has 74 valence electrons. The molecule has 0 N–H and O–H groups in total. The normalized spacial score (nSPS) is 18.6. The summed E-state index contributed by atoms with van der Waals surface area (Å²) in [6.07, 6.45) is 8.37. The molecule has 0 unspecified atom stereocenters. The van der Waals surface area contributed by atoms with E-state index in [4.69, 9.17) is 4.74 Å². The number of carbonyl (C=O) groups is 2. The van der Waals surface area contributed by atoms with Gasteiger partial charge in [0.25, 0.3) is 0 Å². The molecule has 0 saturated carbocycles. The number of carbonyl (C=O) groups excluding carboxylic acids is 2. The average Bonchev–Trinajstić information content (AvgIpc) is 2.26. The summed E-state index contributed by atoms with van der Waals surface area (Å²) in [5, 5.41) is 0. The van der Waals surface area contributed by atoms with Crippen molar-refractivity contribution in [1.29, 1.82) is 0 Å². The molecule has 0 aromatic rings. The topological polar surface area (TPSA) is 55.7 Å². The van der Waals surface area contributed by atoms with Crippen molar-refractivity contribution in [2.24, 2.45) is 4.99 Å². The summed E-state index contributed by atoms with van der Waals surface area (Å²) in [7, 11) is 0. The quantitative estimate of drug-likeness (QED) is 0.577. The van der Waals surface area contributed by atoms with Gasteiger partial charge < -0.3 is 4.74 Å². The molecule has 1 heterocycles. The van der Waals surface area contributed by atoms with Gasteiger partial charge in [-0.2, -0.15) is 0 Å². The van der Waals surface area contributed by atoms with Crippen molar-refractivity contribution in [3.05, 3.63) is 24.6 Å². The second kappa shape index (κ2) is 5.85. The van der Waals surface area contributed by atoms with Crippen LogP contribution in [0.15, 0.2) is 29.6 Å². The number of ether oxygens (including phenoxy) is 1. The van der Waals surface area contributed by atoms with E-state index in [1.54, 1.807) is 18.7 Å². The summed E-state index contributed by atoms with van der Waals surface area (Å²) in [6, 6.07) is 0. The molecule has 2 aliphatic rings. The Labute approximate surface area is 82.0 Å². The van der Waals surface area contributed by atoms with Crippen LogP contribution in [0.1, 0.15) is 12.8 Å². The van der Waals surface area contributed by atoms with Gasteiger partial charge in [-0.15, -0.1) is 0 Å². The van der Waals surface area contributed by atoms with Crippen molar-refractivity contribution in [2.45, 2.75) is 12.8 Å². The molecule has 2 rings (SSSR count). The Morgan fingerprint density at radius 3 is 2.00 bits per heavy atom. The van der Waals surface area contributed by atoms with Gasteiger partial charge in [0.2, 0.25) is 0 Å². The van der Waals surface area contributed by atoms with Crippen LogP contribution in [-0.4, -0.2) is 24.4 Å². The van der Waals surface area contributed by atoms with Gasteiger partial charge in [-0.25, -0.2) is 0 Å². The zero-order valence-corrected chi connectivity index (χ0v) is 7.68. The lowest BCUT2D eigenvalue weighted by atomic mass is 10.1. The standard InChI is InChI=1S/C6H6O2.C4H5NO/c7-5-1-2-6(8)4-3-5;1-3-6-4-2-5-1/h1-2H,3-4H2;1-3H,4H2. The van der Waals surface area contributed by atoms with E-state index in [1.807, 2.05) is 0 Å². The molecule has 1 aliphatic heterocycles. The Hall–Kier alpha value is -1.71. The molecule has 0 aromatic heterocycles. The zero-order valence-electron chi connectivity index (χ0n) is 7.68. The van der Waals surface area contributed by atoms with E-state index in [9.17, 15) is 9.59 Å². The monoisotopic (exact) mass is 193 g/mol. The summed E-state index contributed by atoms with van der Waals surface area (Å²) in [4.78, 5) is 24.5. The van der Waals surface area contributed by atoms with Gasteiger partial charge in [0.1, 0.15) is 12.9 Å². The van der Waals surface area contributed by atoms with Crippen LogP contribution in [-0.2, 0) is 14.3 Å². The smallest absolute Gasteiger partial charge is 0.156 e. The molecule has 14 heavy (non-hydrogen) atoms. The second-order valence-electron chi connectivity index (χ2n) is 2.72. The molecule has 4 heteroatoms.